The average Bonchev–Trinajstić information content (AvgIpc) is 3.19. The molecule has 1 heterocycles. The van der Waals surface area contributed by atoms with Crippen LogP contribution in [0.4, 0.5) is 5.13 Å². The second kappa shape index (κ2) is 10.1. The van der Waals surface area contributed by atoms with Crippen molar-refractivity contribution in [3.63, 3.8) is 0 Å². The van der Waals surface area contributed by atoms with Gasteiger partial charge >= 0.3 is 0 Å². The Labute approximate surface area is 172 Å². The average molecular weight is 415 g/mol. The molecule has 1 amide bonds. The summed E-state index contributed by atoms with van der Waals surface area (Å²) in [6.45, 7) is 3.04. The van der Waals surface area contributed by atoms with Crippen LogP contribution in [-0.2, 0) is 17.9 Å². The summed E-state index contributed by atoms with van der Waals surface area (Å²) < 4.78 is 5.90. The van der Waals surface area contributed by atoms with E-state index in [0.717, 1.165) is 20.8 Å². The lowest BCUT2D eigenvalue weighted by atomic mass is 10.2. The van der Waals surface area contributed by atoms with E-state index in [1.54, 1.807) is 7.11 Å². The zero-order valence-corrected chi connectivity index (χ0v) is 17.3. The zero-order valence-electron chi connectivity index (χ0n) is 15.7. The van der Waals surface area contributed by atoms with Crippen molar-refractivity contribution in [2.75, 3.05) is 12.4 Å². The van der Waals surface area contributed by atoms with Crippen LogP contribution in [-0.4, -0.2) is 28.5 Å². The van der Waals surface area contributed by atoms with E-state index < -0.39 is 0 Å². The van der Waals surface area contributed by atoms with Crippen molar-refractivity contribution in [2.24, 2.45) is 0 Å². The largest absolute Gasteiger partial charge is 0.497 e. The number of ether oxygens (including phenoxy) is 1. The highest BCUT2D eigenvalue weighted by atomic mass is 32.2. The van der Waals surface area contributed by atoms with Crippen molar-refractivity contribution in [3.8, 4) is 5.75 Å². The number of carbonyl (C=O) groups excluding carboxylic acids is 1. The lowest BCUT2D eigenvalue weighted by molar-refractivity contribution is -0.120. The molecule has 6 nitrogen and oxygen atoms in total. The molecule has 0 bridgehead atoms. The predicted octanol–water partition coefficient (Wildman–Crippen LogP) is 3.96. The predicted molar refractivity (Wildman–Crippen MR) is 114 cm³/mol. The molecule has 0 radical (unpaired) electrons. The van der Waals surface area contributed by atoms with Gasteiger partial charge in [-0.1, -0.05) is 65.6 Å². The summed E-state index contributed by atoms with van der Waals surface area (Å²) in [7, 11) is 1.63. The van der Waals surface area contributed by atoms with Gasteiger partial charge in [0, 0.05) is 13.1 Å². The molecular formula is C20H22N4O2S2. The standard InChI is InChI=1S/C20H22N4O2S2/c1-14(18(25)21-12-16-8-10-17(26-2)11-9-16)27-20-24-23-19(28-20)22-13-15-6-4-3-5-7-15/h3-11,14H,12-13H2,1-2H3,(H,21,25)(H,22,23)/t14-/m1/s1. The maximum Gasteiger partial charge on any atom is 0.233 e. The summed E-state index contributed by atoms with van der Waals surface area (Å²) in [5.41, 5.74) is 2.20. The number of nitrogens with zero attached hydrogens (tertiary/aromatic N) is 2. The summed E-state index contributed by atoms with van der Waals surface area (Å²) in [6, 6.07) is 17.7. The molecule has 1 aromatic heterocycles. The van der Waals surface area contributed by atoms with E-state index in [2.05, 4.69) is 33.0 Å². The molecule has 0 saturated carbocycles. The van der Waals surface area contributed by atoms with Crippen LogP contribution >= 0.6 is 23.1 Å². The molecule has 3 rings (SSSR count). The molecule has 3 aromatic rings. The van der Waals surface area contributed by atoms with Crippen LogP contribution in [0.2, 0.25) is 0 Å². The maximum atomic E-state index is 12.3. The van der Waals surface area contributed by atoms with Crippen LogP contribution < -0.4 is 15.4 Å². The van der Waals surface area contributed by atoms with Crippen LogP contribution in [0, 0.1) is 0 Å². The minimum Gasteiger partial charge on any atom is -0.497 e. The Bertz CT molecular complexity index is 885. The van der Waals surface area contributed by atoms with Gasteiger partial charge in [-0.05, 0) is 30.2 Å². The Morgan fingerprint density at radius 3 is 2.50 bits per heavy atom. The van der Waals surface area contributed by atoms with Crippen LogP contribution in [0.3, 0.4) is 0 Å². The summed E-state index contributed by atoms with van der Waals surface area (Å²) in [5, 5.41) is 15.0. The highest BCUT2D eigenvalue weighted by Crippen LogP contribution is 2.29. The summed E-state index contributed by atoms with van der Waals surface area (Å²) in [4.78, 5) is 12.3. The first kappa shape index (κ1) is 20.2. The fraction of sp³-hybridized carbons (Fsp3) is 0.250. The number of thioether (sulfide) groups is 1. The molecule has 0 aliphatic carbocycles. The van der Waals surface area contributed by atoms with Gasteiger partial charge in [-0.2, -0.15) is 0 Å². The van der Waals surface area contributed by atoms with Crippen LogP contribution in [0.25, 0.3) is 0 Å². The smallest absolute Gasteiger partial charge is 0.233 e. The lowest BCUT2D eigenvalue weighted by Crippen LogP contribution is -2.30. The van der Waals surface area contributed by atoms with Crippen LogP contribution in [0.5, 0.6) is 5.75 Å². The van der Waals surface area contributed by atoms with E-state index in [0.29, 0.717) is 13.1 Å². The number of anilines is 1. The topological polar surface area (TPSA) is 76.1 Å². The normalized spacial score (nSPS) is 11.6. The molecule has 8 heteroatoms. The minimum absolute atomic E-state index is 0.0326. The molecule has 0 aliphatic rings. The van der Waals surface area contributed by atoms with Gasteiger partial charge < -0.3 is 15.4 Å². The third kappa shape index (κ3) is 5.97. The first-order valence-electron chi connectivity index (χ1n) is 8.82. The number of hydrogen-bond acceptors (Lipinski definition) is 7. The first-order chi connectivity index (χ1) is 13.6. The number of amides is 1. The molecule has 0 unspecified atom stereocenters. The van der Waals surface area contributed by atoms with E-state index in [1.807, 2.05) is 49.4 Å². The number of aromatic nitrogens is 2. The van der Waals surface area contributed by atoms with Gasteiger partial charge in [-0.25, -0.2) is 0 Å². The van der Waals surface area contributed by atoms with Gasteiger partial charge in [-0.3, -0.25) is 4.79 Å². The summed E-state index contributed by atoms with van der Waals surface area (Å²) in [6.07, 6.45) is 0. The Kier molecular flexibility index (Phi) is 7.27. The first-order valence-corrected chi connectivity index (χ1v) is 10.5. The number of rotatable bonds is 9. The number of methoxy groups -OCH3 is 1. The Hall–Kier alpha value is -2.58. The molecule has 0 aliphatic heterocycles. The minimum atomic E-state index is -0.256. The van der Waals surface area contributed by atoms with Gasteiger partial charge in [-0.15, -0.1) is 10.2 Å². The molecule has 146 valence electrons. The third-order valence-corrected chi connectivity index (χ3v) is 6.03. The lowest BCUT2D eigenvalue weighted by Gasteiger charge is -2.10. The molecule has 1 atom stereocenters. The van der Waals surface area contributed by atoms with E-state index in [1.165, 1.54) is 28.7 Å². The highest BCUT2D eigenvalue weighted by Gasteiger charge is 2.17. The zero-order chi connectivity index (χ0) is 19.8. The van der Waals surface area contributed by atoms with Gasteiger partial charge in [0.1, 0.15) is 5.75 Å². The van der Waals surface area contributed by atoms with Gasteiger partial charge in [0.15, 0.2) is 4.34 Å². The van der Waals surface area contributed by atoms with Gasteiger partial charge in [0.2, 0.25) is 11.0 Å². The van der Waals surface area contributed by atoms with Crippen LogP contribution in [0.15, 0.2) is 58.9 Å². The SMILES string of the molecule is COc1ccc(CNC(=O)[C@@H](C)Sc2nnc(NCc3ccccc3)s2)cc1. The molecule has 0 fully saturated rings. The fourth-order valence-corrected chi connectivity index (χ4v) is 4.30. The van der Waals surface area contributed by atoms with E-state index in [4.69, 9.17) is 4.74 Å². The number of hydrogen-bond donors (Lipinski definition) is 2. The second-order valence-electron chi connectivity index (χ2n) is 6.04. The summed E-state index contributed by atoms with van der Waals surface area (Å²) in [5.74, 6) is 0.766. The highest BCUT2D eigenvalue weighted by molar-refractivity contribution is 8.02. The van der Waals surface area contributed by atoms with Crippen molar-refractivity contribution in [2.45, 2.75) is 29.6 Å². The quantitative estimate of drug-likeness (QED) is 0.516. The van der Waals surface area contributed by atoms with Crippen molar-refractivity contribution in [1.82, 2.24) is 15.5 Å². The van der Waals surface area contributed by atoms with Crippen LogP contribution in [0.1, 0.15) is 18.1 Å². The van der Waals surface area contributed by atoms with Crippen molar-refractivity contribution in [1.29, 1.82) is 0 Å². The van der Waals surface area contributed by atoms with E-state index >= 15 is 0 Å². The molecule has 0 saturated heterocycles. The van der Waals surface area contributed by atoms with Gasteiger partial charge in [0.05, 0.1) is 12.4 Å². The van der Waals surface area contributed by atoms with Gasteiger partial charge in [0.25, 0.3) is 0 Å². The molecule has 0 spiro atoms. The molecule has 2 aromatic carbocycles. The van der Waals surface area contributed by atoms with Crippen molar-refractivity contribution >= 4 is 34.1 Å². The molecular weight excluding hydrogens is 392 g/mol. The number of carbonyl (C=O) groups is 1. The molecule has 2 N–H and O–H groups in total. The maximum absolute atomic E-state index is 12.3. The van der Waals surface area contributed by atoms with Crippen molar-refractivity contribution < 1.29 is 9.53 Å². The van der Waals surface area contributed by atoms with E-state index in [9.17, 15) is 4.79 Å². The number of benzene rings is 2. The van der Waals surface area contributed by atoms with Crippen molar-refractivity contribution in [3.05, 3.63) is 65.7 Å². The van der Waals surface area contributed by atoms with E-state index in [-0.39, 0.29) is 11.2 Å². The number of nitrogens with one attached hydrogen (secondary N) is 2. The Morgan fingerprint density at radius 2 is 1.79 bits per heavy atom. The second-order valence-corrected chi connectivity index (χ2v) is 8.60. The fourth-order valence-electron chi connectivity index (χ4n) is 2.38. The third-order valence-electron chi connectivity index (χ3n) is 3.97. The molecule has 28 heavy (non-hydrogen) atoms. The Balaban J connectivity index is 1.45. The monoisotopic (exact) mass is 414 g/mol. The Morgan fingerprint density at radius 1 is 1.07 bits per heavy atom. The summed E-state index contributed by atoms with van der Waals surface area (Å²) >= 11 is 2.86.